The summed E-state index contributed by atoms with van der Waals surface area (Å²) in [7, 11) is 3.20. The Kier molecular flexibility index (Phi) is 15.5. The normalized spacial score (nSPS) is 14.8. The van der Waals surface area contributed by atoms with Gasteiger partial charge < -0.3 is 45.9 Å². The Morgan fingerprint density at radius 3 is 1.68 bits per heavy atom. The molecule has 2 amide bonds. The zero-order valence-electron chi connectivity index (χ0n) is 36.2. The molecule has 21 heteroatoms. The number of amidine groups is 1. The summed E-state index contributed by atoms with van der Waals surface area (Å²) in [5.74, 6) is 2.03. The Hall–Kier alpha value is -6.72. The maximum atomic E-state index is 13.1. The van der Waals surface area contributed by atoms with E-state index in [2.05, 4.69) is 46.3 Å². The Balaban J connectivity index is 0.000000180. The Morgan fingerprint density at radius 1 is 0.723 bits per heavy atom. The van der Waals surface area contributed by atoms with Crippen LogP contribution in [0.3, 0.4) is 0 Å². The van der Waals surface area contributed by atoms with Crippen molar-refractivity contribution in [1.82, 2.24) is 44.6 Å². The topological polar surface area (TPSA) is 227 Å². The van der Waals surface area contributed by atoms with Crippen molar-refractivity contribution in [3.63, 3.8) is 0 Å². The van der Waals surface area contributed by atoms with Gasteiger partial charge in [-0.3, -0.25) is 14.6 Å². The summed E-state index contributed by atoms with van der Waals surface area (Å²) in [6.45, 7) is 8.29. The third-order valence-electron chi connectivity index (χ3n) is 11.0. The molecule has 0 bridgehead atoms. The highest BCUT2D eigenvalue weighted by Gasteiger charge is 2.26. The second-order valence-electron chi connectivity index (χ2n) is 15.0. The number of carbonyl (C=O) groups is 2. The minimum absolute atomic E-state index is 0.0289. The van der Waals surface area contributed by atoms with Crippen LogP contribution in [0.4, 0.5) is 11.4 Å². The number of halogens is 2. The van der Waals surface area contributed by atoms with E-state index < -0.39 is 0 Å². The van der Waals surface area contributed by atoms with Crippen molar-refractivity contribution in [2.45, 2.75) is 13.1 Å². The average molecular weight is 925 g/mol. The number of fused-ring (bicyclic) bond motifs is 2. The largest absolute Gasteiger partial charge is 0.495 e. The van der Waals surface area contributed by atoms with Crippen LogP contribution in [0.5, 0.6) is 11.5 Å². The predicted molar refractivity (Wildman–Crippen MR) is 251 cm³/mol. The molecule has 3 aliphatic heterocycles. The lowest BCUT2D eigenvalue weighted by molar-refractivity contribution is -0.133. The number of carbonyl (C=O) groups excluding carboxylic acids is 2. The van der Waals surface area contributed by atoms with Crippen LogP contribution in [-0.2, 0) is 22.7 Å². The fraction of sp³-hybridized carbons (Fsp3) is 0.364. The molecular weight excluding hydrogens is 873 g/mol. The Morgan fingerprint density at radius 2 is 1.22 bits per heavy atom. The molecule has 340 valence electrons. The third-order valence-corrected chi connectivity index (χ3v) is 11.6. The number of benzene rings is 2. The van der Waals surface area contributed by atoms with Gasteiger partial charge in [-0.25, -0.2) is 19.3 Å². The second kappa shape index (κ2) is 21.8. The smallest absolute Gasteiger partial charge is 0.244 e. The number of hydrogen-bond donors (Lipinski definition) is 3. The van der Waals surface area contributed by atoms with Crippen molar-refractivity contribution >= 4 is 74.3 Å². The SMILES string of the molecule is COc1cc(N2CCN(C(=O)Cn3nc(C#N)c4cccnc43)CC2)ccc1Cl.COc1cc(N2CCN(C(=O)Cn3nc(C4=NCCN4)c4cccnc43)CC2)ccc1Cl.NCCN. The molecule has 0 radical (unpaired) electrons. The number of methoxy groups -OCH3 is 2. The van der Waals surface area contributed by atoms with E-state index in [0.717, 1.165) is 54.5 Å². The van der Waals surface area contributed by atoms with Crippen molar-refractivity contribution in [1.29, 1.82) is 5.26 Å². The van der Waals surface area contributed by atoms with Gasteiger partial charge in [-0.15, -0.1) is 0 Å². The van der Waals surface area contributed by atoms with Crippen LogP contribution in [0.1, 0.15) is 11.4 Å². The molecule has 0 saturated carbocycles. The van der Waals surface area contributed by atoms with Gasteiger partial charge in [0.2, 0.25) is 11.8 Å². The standard InChI is InChI=1S/C22H24ClN7O2.C20H19ClN6O2.C2H8N2/c1-32-18-13-15(4-5-17(18)23)28-9-11-29(12-10-28)19(31)14-30-22-16(3-2-6-26-22)20(27-30)21-24-7-8-25-21;1-29-18-11-14(4-5-16(18)21)25-7-9-26(10-8-25)19(28)13-27-20-15(3-2-6-23-20)17(12-22)24-27;3-1-2-4/h2-6,13H,7-12,14H2,1H3,(H,24,25);2-6,11H,7-10,13H2,1H3;1-4H2. The van der Waals surface area contributed by atoms with E-state index in [9.17, 15) is 14.9 Å². The van der Waals surface area contributed by atoms with E-state index in [-0.39, 0.29) is 30.6 Å². The van der Waals surface area contributed by atoms with Crippen molar-refractivity contribution in [2.75, 3.05) is 103 Å². The van der Waals surface area contributed by atoms with Crippen LogP contribution in [0, 0.1) is 11.3 Å². The number of nitrogens with one attached hydrogen (secondary N) is 1. The number of pyridine rings is 2. The molecule has 65 heavy (non-hydrogen) atoms. The van der Waals surface area contributed by atoms with Crippen molar-refractivity contribution in [3.05, 3.63) is 94.5 Å². The average Bonchev–Trinajstić information content (AvgIpc) is 4.11. The maximum Gasteiger partial charge on any atom is 0.244 e. The number of aromatic nitrogens is 6. The molecule has 6 aromatic rings. The van der Waals surface area contributed by atoms with Crippen LogP contribution >= 0.6 is 23.2 Å². The van der Waals surface area contributed by atoms with Crippen LogP contribution in [-0.4, -0.2) is 150 Å². The summed E-state index contributed by atoms with van der Waals surface area (Å²) in [6.07, 6.45) is 3.35. The Bertz CT molecular complexity index is 2680. The van der Waals surface area contributed by atoms with Crippen molar-refractivity contribution in [2.24, 2.45) is 16.5 Å². The highest BCUT2D eigenvalue weighted by molar-refractivity contribution is 6.32. The molecule has 4 aromatic heterocycles. The first-order chi connectivity index (χ1) is 31.7. The minimum atomic E-state index is -0.0436. The Labute approximate surface area is 386 Å². The molecule has 0 atom stereocenters. The molecule has 7 heterocycles. The number of rotatable bonds is 10. The summed E-state index contributed by atoms with van der Waals surface area (Å²) in [5.41, 5.74) is 14.1. The third kappa shape index (κ3) is 10.8. The number of nitriles is 1. The monoisotopic (exact) mass is 923 g/mol. The van der Waals surface area contributed by atoms with Crippen LogP contribution in [0.2, 0.25) is 10.0 Å². The van der Waals surface area contributed by atoms with Gasteiger partial charge in [0.05, 0.1) is 41.6 Å². The van der Waals surface area contributed by atoms with E-state index in [1.54, 1.807) is 43.4 Å². The number of anilines is 2. The number of nitrogens with zero attached hydrogens (tertiary/aromatic N) is 12. The molecule has 3 aliphatic rings. The molecule has 0 unspecified atom stereocenters. The summed E-state index contributed by atoms with van der Waals surface area (Å²) >= 11 is 12.2. The zero-order chi connectivity index (χ0) is 45.9. The van der Waals surface area contributed by atoms with Crippen molar-refractivity contribution < 1.29 is 19.1 Å². The fourth-order valence-electron chi connectivity index (χ4n) is 7.63. The summed E-state index contributed by atoms with van der Waals surface area (Å²) in [5, 5.41) is 24.1. The lowest BCUT2D eigenvalue weighted by Gasteiger charge is -2.36. The van der Waals surface area contributed by atoms with E-state index in [1.165, 1.54) is 4.68 Å². The number of amides is 2. The molecule has 0 aliphatic carbocycles. The lowest BCUT2D eigenvalue weighted by Crippen LogP contribution is -2.49. The van der Waals surface area contributed by atoms with Crippen LogP contribution in [0.25, 0.3) is 22.1 Å². The molecule has 0 spiro atoms. The molecule has 19 nitrogen and oxygen atoms in total. The molecule has 2 fully saturated rings. The van der Waals surface area contributed by atoms with E-state index in [4.69, 9.17) is 44.1 Å². The number of aliphatic imine (C=N–C) groups is 1. The van der Waals surface area contributed by atoms with Gasteiger partial charge in [0.25, 0.3) is 0 Å². The first-order valence-electron chi connectivity index (χ1n) is 21.1. The first-order valence-corrected chi connectivity index (χ1v) is 21.9. The second-order valence-corrected chi connectivity index (χ2v) is 15.8. The molecular formula is C44H51Cl2N15O4. The number of ether oxygens (including phenoxy) is 2. The molecule has 9 rings (SSSR count). The van der Waals surface area contributed by atoms with Gasteiger partial charge in [-0.1, -0.05) is 23.2 Å². The van der Waals surface area contributed by atoms with Gasteiger partial charge in [0, 0.05) is 108 Å². The number of nitrogens with two attached hydrogens (primary N) is 2. The van der Waals surface area contributed by atoms with E-state index in [1.807, 2.05) is 58.3 Å². The van der Waals surface area contributed by atoms with Gasteiger partial charge >= 0.3 is 0 Å². The highest BCUT2D eigenvalue weighted by atomic mass is 35.5. The number of hydrogen-bond acceptors (Lipinski definition) is 15. The van der Waals surface area contributed by atoms with Crippen LogP contribution < -0.4 is 36.1 Å². The molecule has 2 saturated heterocycles. The van der Waals surface area contributed by atoms with Gasteiger partial charge in [0.15, 0.2) is 17.0 Å². The summed E-state index contributed by atoms with van der Waals surface area (Å²) < 4.78 is 13.8. The van der Waals surface area contributed by atoms with E-state index >= 15 is 0 Å². The molecule has 2 aromatic carbocycles. The summed E-state index contributed by atoms with van der Waals surface area (Å²) in [4.78, 5) is 47.2. The first kappa shape index (κ1) is 46.3. The zero-order valence-corrected chi connectivity index (χ0v) is 37.7. The minimum Gasteiger partial charge on any atom is -0.495 e. The predicted octanol–water partition coefficient (Wildman–Crippen LogP) is 3.01. The highest BCUT2D eigenvalue weighted by Crippen LogP contribution is 2.31. The van der Waals surface area contributed by atoms with Gasteiger partial charge in [0.1, 0.15) is 42.2 Å². The van der Waals surface area contributed by atoms with Crippen LogP contribution in [0.15, 0.2) is 78.0 Å². The lowest BCUT2D eigenvalue weighted by atomic mass is 10.2. The molecule has 5 N–H and O–H groups in total. The number of piperazine rings is 2. The summed E-state index contributed by atoms with van der Waals surface area (Å²) in [6, 6.07) is 20.9. The van der Waals surface area contributed by atoms with Gasteiger partial charge in [-0.05, 0) is 48.5 Å². The van der Waals surface area contributed by atoms with Crippen molar-refractivity contribution in [3.8, 4) is 17.6 Å². The fourth-order valence-corrected chi connectivity index (χ4v) is 8.02. The van der Waals surface area contributed by atoms with E-state index in [0.29, 0.717) is 90.6 Å². The quantitative estimate of drug-likeness (QED) is 0.180. The van der Waals surface area contributed by atoms with Gasteiger partial charge in [-0.2, -0.15) is 15.5 Å². The maximum absolute atomic E-state index is 13.1.